The van der Waals surface area contributed by atoms with E-state index in [4.69, 9.17) is 0 Å². The number of nitrogens with one attached hydrogen (secondary N) is 1. The largest absolute Gasteiger partial charge is 0.344 e. The van der Waals surface area contributed by atoms with Crippen molar-refractivity contribution in [3.63, 3.8) is 0 Å². The molecule has 0 bridgehead atoms. The molecule has 1 aromatic rings. The molecule has 0 aliphatic rings. The fraction of sp³-hybridized carbons (Fsp3) is 0.600. The molecule has 0 saturated heterocycles. The van der Waals surface area contributed by atoms with Crippen molar-refractivity contribution in [2.24, 2.45) is 0 Å². The third-order valence-electron chi connectivity index (χ3n) is 1.10. The Morgan fingerprint density at radius 3 is 2.82 bits per heavy atom. The van der Waals surface area contributed by atoms with E-state index >= 15 is 0 Å². The van der Waals surface area contributed by atoms with Crippen LogP contribution in [0.5, 0.6) is 0 Å². The molecular weight excluding hydrogens is 182 g/mol. The van der Waals surface area contributed by atoms with Gasteiger partial charge in [0.15, 0.2) is 5.16 Å². The first kappa shape index (κ1) is 8.73. The van der Waals surface area contributed by atoms with Gasteiger partial charge >= 0.3 is 5.69 Å². The first-order valence-corrected chi connectivity index (χ1v) is 5.60. The molecular formula is C5H9N3OS2. The highest BCUT2D eigenvalue weighted by Gasteiger charge is 2.01. The van der Waals surface area contributed by atoms with Crippen molar-refractivity contribution in [2.75, 3.05) is 12.5 Å². The van der Waals surface area contributed by atoms with Crippen LogP contribution in [-0.2, 0) is 5.88 Å². The van der Waals surface area contributed by atoms with Crippen LogP contribution in [-0.4, -0.2) is 27.3 Å². The van der Waals surface area contributed by atoms with E-state index in [9.17, 15) is 4.79 Å². The Morgan fingerprint density at radius 1 is 1.64 bits per heavy atom. The van der Waals surface area contributed by atoms with Crippen LogP contribution >= 0.6 is 23.5 Å². The molecule has 0 spiro atoms. The summed E-state index contributed by atoms with van der Waals surface area (Å²) in [5.74, 6) is 0.607. The van der Waals surface area contributed by atoms with E-state index in [0.29, 0.717) is 11.0 Å². The molecule has 0 amide bonds. The van der Waals surface area contributed by atoms with Crippen LogP contribution in [0.4, 0.5) is 0 Å². The molecule has 0 fully saturated rings. The van der Waals surface area contributed by atoms with Gasteiger partial charge in [0, 0.05) is 0 Å². The summed E-state index contributed by atoms with van der Waals surface area (Å²) in [6, 6.07) is 0. The van der Waals surface area contributed by atoms with Crippen molar-refractivity contribution < 1.29 is 0 Å². The van der Waals surface area contributed by atoms with E-state index in [2.05, 4.69) is 10.1 Å². The van der Waals surface area contributed by atoms with Gasteiger partial charge in [-0.3, -0.25) is 4.98 Å². The maximum atomic E-state index is 11.0. The van der Waals surface area contributed by atoms with E-state index in [0.717, 1.165) is 0 Å². The van der Waals surface area contributed by atoms with Crippen molar-refractivity contribution in [3.05, 3.63) is 10.5 Å². The molecule has 0 aliphatic carbocycles. The molecule has 62 valence electrons. The van der Waals surface area contributed by atoms with Crippen LogP contribution in [0.25, 0.3) is 0 Å². The van der Waals surface area contributed by atoms with Crippen molar-refractivity contribution in [1.29, 1.82) is 0 Å². The van der Waals surface area contributed by atoms with Crippen LogP contribution in [0, 0.1) is 0 Å². The second-order valence-electron chi connectivity index (χ2n) is 1.86. The van der Waals surface area contributed by atoms with Gasteiger partial charge in [-0.2, -0.15) is 0 Å². The second-order valence-corrected chi connectivity index (χ2v) is 3.49. The predicted octanol–water partition coefficient (Wildman–Crippen LogP) is 0.614. The minimum absolute atomic E-state index is 0.135. The Morgan fingerprint density at radius 2 is 2.36 bits per heavy atom. The van der Waals surface area contributed by atoms with Gasteiger partial charge in [0.1, 0.15) is 0 Å². The summed E-state index contributed by atoms with van der Waals surface area (Å²) < 4.78 is 1.41. The number of thioether (sulfide) groups is 2. The Bertz CT molecular complexity index is 280. The van der Waals surface area contributed by atoms with Crippen LogP contribution in [0.3, 0.4) is 0 Å². The van der Waals surface area contributed by atoms with E-state index < -0.39 is 0 Å². The van der Waals surface area contributed by atoms with Crippen LogP contribution in [0.1, 0.15) is 0 Å². The molecule has 0 unspecified atom stereocenters. The first-order chi connectivity index (χ1) is 5.27. The van der Waals surface area contributed by atoms with Crippen molar-refractivity contribution in [1.82, 2.24) is 14.8 Å². The number of aromatic nitrogens is 3. The molecule has 0 radical (unpaired) electrons. The highest BCUT2D eigenvalue weighted by atomic mass is 32.2. The van der Waals surface area contributed by atoms with E-state index in [-0.39, 0.29) is 5.69 Å². The normalized spacial score (nSPS) is 10.4. The lowest BCUT2D eigenvalue weighted by Gasteiger charge is -1.91. The lowest BCUT2D eigenvalue weighted by molar-refractivity contribution is 0.701. The standard InChI is InChI=1S/C5H9N3OS2/c1-10-3-8-5(9)6-4(7-8)11-2/h3H2,1-2H3,(H,6,7,9). The van der Waals surface area contributed by atoms with Gasteiger partial charge in [0.25, 0.3) is 0 Å². The first-order valence-electron chi connectivity index (χ1n) is 2.98. The lowest BCUT2D eigenvalue weighted by Crippen LogP contribution is -2.16. The fourth-order valence-electron chi connectivity index (χ4n) is 0.638. The number of H-pyrrole nitrogens is 1. The Kier molecular flexibility index (Phi) is 3.07. The molecule has 0 aliphatic heterocycles. The molecule has 0 atom stereocenters. The summed E-state index contributed by atoms with van der Waals surface area (Å²) in [7, 11) is 0. The highest BCUT2D eigenvalue weighted by molar-refractivity contribution is 7.98. The van der Waals surface area contributed by atoms with Gasteiger partial charge < -0.3 is 0 Å². The summed E-state index contributed by atoms with van der Waals surface area (Å²) in [6.07, 6.45) is 3.81. The highest BCUT2D eigenvalue weighted by Crippen LogP contribution is 2.04. The average molecular weight is 191 g/mol. The van der Waals surface area contributed by atoms with Crippen LogP contribution in [0.2, 0.25) is 0 Å². The number of hydrogen-bond donors (Lipinski definition) is 1. The number of aromatic amines is 1. The maximum absolute atomic E-state index is 11.0. The minimum Gasteiger partial charge on any atom is -0.284 e. The second kappa shape index (κ2) is 3.87. The summed E-state index contributed by atoms with van der Waals surface area (Å²) in [4.78, 5) is 13.6. The molecule has 4 nitrogen and oxygen atoms in total. The Labute approximate surface area is 72.8 Å². The summed E-state index contributed by atoms with van der Waals surface area (Å²) in [6.45, 7) is 0. The number of rotatable bonds is 3. The zero-order chi connectivity index (χ0) is 8.27. The van der Waals surface area contributed by atoms with Gasteiger partial charge in [-0.05, 0) is 12.5 Å². The predicted molar refractivity (Wildman–Crippen MR) is 48.1 cm³/mol. The summed E-state index contributed by atoms with van der Waals surface area (Å²) in [5, 5.41) is 4.68. The monoisotopic (exact) mass is 191 g/mol. The van der Waals surface area contributed by atoms with Crippen molar-refractivity contribution in [2.45, 2.75) is 11.0 Å². The molecule has 1 heterocycles. The van der Waals surface area contributed by atoms with E-state index in [1.54, 1.807) is 11.8 Å². The van der Waals surface area contributed by atoms with E-state index in [1.165, 1.54) is 16.4 Å². The van der Waals surface area contributed by atoms with Gasteiger partial charge in [0.05, 0.1) is 5.88 Å². The quantitative estimate of drug-likeness (QED) is 0.711. The van der Waals surface area contributed by atoms with Gasteiger partial charge in [-0.25, -0.2) is 9.48 Å². The average Bonchev–Trinajstić information content (AvgIpc) is 2.33. The minimum atomic E-state index is -0.135. The molecule has 0 aromatic carbocycles. The SMILES string of the molecule is CSCn1nc(SC)[nH]c1=O. The van der Waals surface area contributed by atoms with Gasteiger partial charge in [0.2, 0.25) is 0 Å². The Hall–Kier alpha value is -0.360. The number of nitrogens with zero attached hydrogens (tertiary/aromatic N) is 2. The third kappa shape index (κ3) is 2.03. The molecule has 1 N–H and O–H groups in total. The van der Waals surface area contributed by atoms with Crippen LogP contribution < -0.4 is 5.69 Å². The van der Waals surface area contributed by atoms with Gasteiger partial charge in [-0.15, -0.1) is 16.9 Å². The van der Waals surface area contributed by atoms with Crippen LogP contribution in [0.15, 0.2) is 9.95 Å². The van der Waals surface area contributed by atoms with E-state index in [1.807, 2.05) is 12.5 Å². The zero-order valence-electron chi connectivity index (χ0n) is 6.33. The molecule has 6 heteroatoms. The number of hydrogen-bond acceptors (Lipinski definition) is 4. The van der Waals surface area contributed by atoms with Gasteiger partial charge in [-0.1, -0.05) is 11.8 Å². The molecule has 0 saturated carbocycles. The summed E-state index contributed by atoms with van der Waals surface area (Å²) >= 11 is 3.00. The van der Waals surface area contributed by atoms with Crippen molar-refractivity contribution >= 4 is 23.5 Å². The smallest absolute Gasteiger partial charge is 0.284 e. The lowest BCUT2D eigenvalue weighted by atomic mass is 11.2. The topological polar surface area (TPSA) is 50.7 Å². The molecule has 1 rings (SSSR count). The Balaban J connectivity index is 2.88. The summed E-state index contributed by atoms with van der Waals surface area (Å²) in [5.41, 5.74) is -0.135. The molecule has 1 aromatic heterocycles. The fourth-order valence-corrected chi connectivity index (χ4v) is 1.43. The third-order valence-corrected chi connectivity index (χ3v) is 2.18. The molecule has 11 heavy (non-hydrogen) atoms. The zero-order valence-corrected chi connectivity index (χ0v) is 7.96. The maximum Gasteiger partial charge on any atom is 0.344 e. The van der Waals surface area contributed by atoms with Crippen molar-refractivity contribution in [3.8, 4) is 0 Å².